The van der Waals surface area contributed by atoms with Crippen LogP contribution in [0.5, 0.6) is 0 Å². The lowest BCUT2D eigenvalue weighted by molar-refractivity contribution is 0.0704. The van der Waals surface area contributed by atoms with Gasteiger partial charge in [-0.15, -0.1) is 11.3 Å². The molecule has 76 valence electrons. The smallest absolute Gasteiger partial charge is 0.0955 e. The third-order valence-electron chi connectivity index (χ3n) is 2.67. The van der Waals surface area contributed by atoms with E-state index in [2.05, 4.69) is 42.5 Å². The molecular formula is C13H12OS. The topological polar surface area (TPSA) is 9.23 Å². The van der Waals surface area contributed by atoms with Gasteiger partial charge in [-0.3, -0.25) is 0 Å². The average Bonchev–Trinajstić information content (AvgIpc) is 2.74. The predicted molar refractivity (Wildman–Crippen MR) is 64.3 cm³/mol. The molecule has 2 heteroatoms. The summed E-state index contributed by atoms with van der Waals surface area (Å²) in [6.07, 6.45) is 5.57. The van der Waals surface area contributed by atoms with E-state index in [1.807, 2.05) is 11.3 Å². The van der Waals surface area contributed by atoms with Crippen molar-refractivity contribution in [1.29, 1.82) is 0 Å². The van der Waals surface area contributed by atoms with Gasteiger partial charge in [0.2, 0.25) is 0 Å². The second kappa shape index (κ2) is 3.80. The van der Waals surface area contributed by atoms with Crippen LogP contribution in [0.25, 0.3) is 10.1 Å². The van der Waals surface area contributed by atoms with Crippen molar-refractivity contribution in [3.05, 3.63) is 47.4 Å². The van der Waals surface area contributed by atoms with E-state index in [1.165, 1.54) is 15.0 Å². The van der Waals surface area contributed by atoms with Crippen LogP contribution < -0.4 is 0 Å². The molecule has 3 rings (SSSR count). The molecule has 15 heavy (non-hydrogen) atoms. The van der Waals surface area contributed by atoms with Crippen molar-refractivity contribution in [1.82, 2.24) is 0 Å². The lowest BCUT2D eigenvalue weighted by Gasteiger charge is -2.16. The van der Waals surface area contributed by atoms with Gasteiger partial charge in [0.1, 0.15) is 0 Å². The molecule has 1 nitrogen and oxygen atoms in total. The number of fused-ring (bicyclic) bond motifs is 1. The third-order valence-corrected chi connectivity index (χ3v) is 3.88. The molecule has 0 amide bonds. The van der Waals surface area contributed by atoms with Crippen molar-refractivity contribution in [2.24, 2.45) is 0 Å². The highest BCUT2D eigenvalue weighted by atomic mass is 32.1. The molecular weight excluding hydrogens is 204 g/mol. The molecule has 2 aromatic rings. The van der Waals surface area contributed by atoms with Crippen LogP contribution in [0.4, 0.5) is 0 Å². The van der Waals surface area contributed by atoms with Gasteiger partial charge in [0, 0.05) is 9.58 Å². The van der Waals surface area contributed by atoms with E-state index in [4.69, 9.17) is 4.74 Å². The van der Waals surface area contributed by atoms with Crippen LogP contribution in [-0.2, 0) is 4.74 Å². The molecule has 0 N–H and O–H groups in total. The van der Waals surface area contributed by atoms with E-state index >= 15 is 0 Å². The van der Waals surface area contributed by atoms with E-state index in [1.54, 1.807) is 0 Å². The zero-order chi connectivity index (χ0) is 10.1. The first-order chi connectivity index (χ1) is 7.43. The van der Waals surface area contributed by atoms with Gasteiger partial charge in [-0.2, -0.15) is 0 Å². The SMILES string of the molecule is C1=CCC(c2cc3ccccc3s2)OC1. The van der Waals surface area contributed by atoms with Crippen molar-refractivity contribution in [2.75, 3.05) is 6.61 Å². The fraction of sp³-hybridized carbons (Fsp3) is 0.231. The van der Waals surface area contributed by atoms with Crippen molar-refractivity contribution in [3.63, 3.8) is 0 Å². The van der Waals surface area contributed by atoms with Crippen LogP contribution in [0.15, 0.2) is 42.5 Å². The summed E-state index contributed by atoms with van der Waals surface area (Å²) in [7, 11) is 0. The Morgan fingerprint density at radius 2 is 2.13 bits per heavy atom. The number of hydrogen-bond acceptors (Lipinski definition) is 2. The van der Waals surface area contributed by atoms with Gasteiger partial charge in [0.15, 0.2) is 0 Å². The molecule has 1 aromatic carbocycles. The number of ether oxygens (including phenoxy) is 1. The molecule has 1 aromatic heterocycles. The monoisotopic (exact) mass is 216 g/mol. The van der Waals surface area contributed by atoms with Crippen LogP contribution in [0, 0.1) is 0 Å². The summed E-state index contributed by atoms with van der Waals surface area (Å²) in [5.41, 5.74) is 0. The average molecular weight is 216 g/mol. The van der Waals surface area contributed by atoms with Crippen LogP contribution in [-0.4, -0.2) is 6.61 Å². The van der Waals surface area contributed by atoms with Crippen molar-refractivity contribution < 1.29 is 4.74 Å². The lowest BCUT2D eigenvalue weighted by atomic mass is 10.1. The molecule has 1 aliphatic rings. The van der Waals surface area contributed by atoms with Gasteiger partial charge in [-0.1, -0.05) is 30.4 Å². The van der Waals surface area contributed by atoms with Gasteiger partial charge >= 0.3 is 0 Å². The lowest BCUT2D eigenvalue weighted by Crippen LogP contribution is -2.05. The summed E-state index contributed by atoms with van der Waals surface area (Å²) in [5, 5.41) is 1.33. The molecule has 0 aliphatic carbocycles. The van der Waals surface area contributed by atoms with E-state index < -0.39 is 0 Å². The second-order valence-corrected chi connectivity index (χ2v) is 4.83. The van der Waals surface area contributed by atoms with Gasteiger partial charge in [-0.25, -0.2) is 0 Å². The van der Waals surface area contributed by atoms with E-state index in [0.29, 0.717) is 0 Å². The molecule has 1 unspecified atom stereocenters. The number of benzene rings is 1. The maximum atomic E-state index is 5.72. The Morgan fingerprint density at radius 1 is 1.20 bits per heavy atom. The Labute approximate surface area is 93.0 Å². The maximum absolute atomic E-state index is 5.72. The Balaban J connectivity index is 2.00. The minimum absolute atomic E-state index is 0.271. The molecule has 0 bridgehead atoms. The molecule has 1 aliphatic heterocycles. The highest BCUT2D eigenvalue weighted by molar-refractivity contribution is 7.19. The van der Waals surface area contributed by atoms with Crippen LogP contribution in [0.3, 0.4) is 0 Å². The zero-order valence-electron chi connectivity index (χ0n) is 8.35. The summed E-state index contributed by atoms with van der Waals surface area (Å²) >= 11 is 1.84. The van der Waals surface area contributed by atoms with Crippen molar-refractivity contribution in [3.8, 4) is 0 Å². The largest absolute Gasteiger partial charge is 0.368 e. The molecule has 1 atom stereocenters. The van der Waals surface area contributed by atoms with Crippen LogP contribution in [0.2, 0.25) is 0 Å². The Bertz CT molecular complexity index is 465. The fourth-order valence-corrected chi connectivity index (χ4v) is 3.01. The van der Waals surface area contributed by atoms with Gasteiger partial charge in [-0.05, 0) is 23.9 Å². The van der Waals surface area contributed by atoms with Crippen molar-refractivity contribution >= 4 is 21.4 Å². The Hall–Kier alpha value is -1.12. The molecule has 0 fully saturated rings. The summed E-state index contributed by atoms with van der Waals surface area (Å²) in [6.45, 7) is 0.749. The quantitative estimate of drug-likeness (QED) is 0.656. The maximum Gasteiger partial charge on any atom is 0.0955 e. The summed E-state index contributed by atoms with van der Waals surface area (Å²) in [5.74, 6) is 0. The molecule has 0 spiro atoms. The van der Waals surface area contributed by atoms with E-state index in [9.17, 15) is 0 Å². The van der Waals surface area contributed by atoms with E-state index in [-0.39, 0.29) is 6.10 Å². The highest BCUT2D eigenvalue weighted by Gasteiger charge is 2.15. The number of rotatable bonds is 1. The minimum Gasteiger partial charge on any atom is -0.368 e. The van der Waals surface area contributed by atoms with Crippen molar-refractivity contribution in [2.45, 2.75) is 12.5 Å². The third kappa shape index (κ3) is 1.71. The summed E-state index contributed by atoms with van der Waals surface area (Å²) in [6, 6.07) is 10.8. The standard InChI is InChI=1S/C13H12OS/c1-2-7-12-10(5-1)9-13(15-12)11-6-3-4-8-14-11/h1-5,7,9,11H,6,8H2. The number of thiophene rings is 1. The first kappa shape index (κ1) is 9.13. The Kier molecular flexibility index (Phi) is 2.31. The molecule has 0 saturated carbocycles. The second-order valence-electron chi connectivity index (χ2n) is 3.72. The predicted octanol–water partition coefficient (Wildman–Crippen LogP) is 3.92. The molecule has 0 saturated heterocycles. The minimum atomic E-state index is 0.271. The van der Waals surface area contributed by atoms with Gasteiger partial charge < -0.3 is 4.74 Å². The summed E-state index contributed by atoms with van der Waals surface area (Å²) < 4.78 is 7.07. The highest BCUT2D eigenvalue weighted by Crippen LogP contribution is 2.34. The first-order valence-corrected chi connectivity index (χ1v) is 6.00. The summed E-state index contributed by atoms with van der Waals surface area (Å²) in [4.78, 5) is 1.35. The van der Waals surface area contributed by atoms with Gasteiger partial charge in [0.05, 0.1) is 12.7 Å². The normalized spacial score (nSPS) is 20.9. The molecule has 2 heterocycles. The zero-order valence-corrected chi connectivity index (χ0v) is 9.17. The fourth-order valence-electron chi connectivity index (χ4n) is 1.89. The van der Waals surface area contributed by atoms with Crippen LogP contribution in [0.1, 0.15) is 17.4 Å². The number of hydrogen-bond donors (Lipinski definition) is 0. The van der Waals surface area contributed by atoms with E-state index in [0.717, 1.165) is 13.0 Å². The molecule has 0 radical (unpaired) electrons. The van der Waals surface area contributed by atoms with Gasteiger partial charge in [0.25, 0.3) is 0 Å². The van der Waals surface area contributed by atoms with Crippen LogP contribution >= 0.6 is 11.3 Å². The first-order valence-electron chi connectivity index (χ1n) is 5.18. The Morgan fingerprint density at radius 3 is 2.93 bits per heavy atom.